The Hall–Kier alpha value is -2.71. The highest BCUT2D eigenvalue weighted by Crippen LogP contribution is 2.32. The van der Waals surface area contributed by atoms with E-state index in [0.717, 1.165) is 63.7 Å². The van der Waals surface area contributed by atoms with E-state index in [1.807, 2.05) is 12.1 Å². The van der Waals surface area contributed by atoms with Gasteiger partial charge in [-0.1, -0.05) is 43.5 Å². The Morgan fingerprint density at radius 1 is 1.13 bits per heavy atom. The molecule has 0 radical (unpaired) electrons. The molecule has 0 aromatic heterocycles. The standard InChI is InChI=1S/C26H30FN3O/c27-24-7-3-2-6-22(24)17-25(31)29-26(11-4-1-5-12-26)13-15-30-14-10-21-16-20(18-28)8-9-23(21)19-30/h2-3,6-9,16H,1,4-5,10-15,17,19H2,(H,29,31). The molecule has 1 N–H and O–H groups in total. The second-order valence-corrected chi connectivity index (χ2v) is 9.03. The van der Waals surface area contributed by atoms with E-state index in [1.165, 1.54) is 23.6 Å². The number of nitrogens with one attached hydrogen (secondary N) is 1. The van der Waals surface area contributed by atoms with E-state index in [9.17, 15) is 9.18 Å². The van der Waals surface area contributed by atoms with Crippen LogP contribution in [0, 0.1) is 17.1 Å². The predicted octanol–water partition coefficient (Wildman–Crippen LogP) is 4.51. The summed E-state index contributed by atoms with van der Waals surface area (Å²) < 4.78 is 14.0. The van der Waals surface area contributed by atoms with E-state index in [1.54, 1.807) is 18.2 Å². The molecule has 0 spiro atoms. The summed E-state index contributed by atoms with van der Waals surface area (Å²) in [4.78, 5) is 15.2. The average Bonchev–Trinajstić information content (AvgIpc) is 2.79. The number of amides is 1. The average molecular weight is 420 g/mol. The molecule has 1 amide bonds. The normalized spacial score (nSPS) is 18.1. The zero-order valence-corrected chi connectivity index (χ0v) is 18.0. The van der Waals surface area contributed by atoms with E-state index in [2.05, 4.69) is 22.4 Å². The fourth-order valence-corrected chi connectivity index (χ4v) is 5.06. The van der Waals surface area contributed by atoms with Crippen molar-refractivity contribution in [1.82, 2.24) is 10.2 Å². The van der Waals surface area contributed by atoms with Gasteiger partial charge in [0, 0.05) is 25.2 Å². The number of fused-ring (bicyclic) bond motifs is 1. The first kappa shape index (κ1) is 21.5. The van der Waals surface area contributed by atoms with Crippen LogP contribution in [0.3, 0.4) is 0 Å². The quantitative estimate of drug-likeness (QED) is 0.750. The molecule has 0 atom stereocenters. The number of carbonyl (C=O) groups is 1. The molecule has 1 aliphatic heterocycles. The highest BCUT2D eigenvalue weighted by atomic mass is 19.1. The Labute approximate surface area is 184 Å². The van der Waals surface area contributed by atoms with Crippen LogP contribution in [-0.4, -0.2) is 29.4 Å². The van der Waals surface area contributed by atoms with Gasteiger partial charge in [0.15, 0.2) is 0 Å². The smallest absolute Gasteiger partial charge is 0.224 e. The summed E-state index contributed by atoms with van der Waals surface area (Å²) in [6.45, 7) is 2.79. The van der Waals surface area contributed by atoms with Crippen LogP contribution in [0.25, 0.3) is 0 Å². The van der Waals surface area contributed by atoms with E-state index < -0.39 is 0 Å². The highest BCUT2D eigenvalue weighted by Gasteiger charge is 2.34. The molecule has 2 aromatic carbocycles. The summed E-state index contributed by atoms with van der Waals surface area (Å²) in [5.41, 5.74) is 3.57. The monoisotopic (exact) mass is 419 g/mol. The third kappa shape index (κ3) is 5.32. The molecule has 4 nitrogen and oxygen atoms in total. The molecule has 1 heterocycles. The maximum Gasteiger partial charge on any atom is 0.224 e. The van der Waals surface area contributed by atoms with Crippen LogP contribution in [0.1, 0.15) is 60.8 Å². The van der Waals surface area contributed by atoms with Gasteiger partial charge in [-0.15, -0.1) is 0 Å². The van der Waals surface area contributed by atoms with Crippen molar-refractivity contribution >= 4 is 5.91 Å². The molecule has 162 valence electrons. The lowest BCUT2D eigenvalue weighted by molar-refractivity contribution is -0.123. The lowest BCUT2D eigenvalue weighted by Crippen LogP contribution is -2.52. The lowest BCUT2D eigenvalue weighted by atomic mass is 9.78. The van der Waals surface area contributed by atoms with Crippen LogP contribution in [0.5, 0.6) is 0 Å². The van der Waals surface area contributed by atoms with Gasteiger partial charge in [-0.2, -0.15) is 5.26 Å². The Kier molecular flexibility index (Phi) is 6.67. The minimum absolute atomic E-state index is 0.0833. The van der Waals surface area contributed by atoms with Crippen LogP contribution in [0.2, 0.25) is 0 Å². The molecular weight excluding hydrogens is 389 g/mol. The van der Waals surface area contributed by atoms with Crippen LogP contribution in [-0.2, 0) is 24.2 Å². The van der Waals surface area contributed by atoms with Crippen molar-refractivity contribution in [3.63, 3.8) is 0 Å². The first-order valence-electron chi connectivity index (χ1n) is 11.4. The van der Waals surface area contributed by atoms with Gasteiger partial charge in [0.25, 0.3) is 0 Å². The maximum atomic E-state index is 14.0. The van der Waals surface area contributed by atoms with Crippen molar-refractivity contribution < 1.29 is 9.18 Å². The summed E-state index contributed by atoms with van der Waals surface area (Å²) in [6.07, 6.45) is 7.41. The van der Waals surface area contributed by atoms with E-state index in [4.69, 9.17) is 5.26 Å². The summed E-state index contributed by atoms with van der Waals surface area (Å²) in [5, 5.41) is 12.4. The van der Waals surface area contributed by atoms with Crippen LogP contribution in [0.4, 0.5) is 4.39 Å². The van der Waals surface area contributed by atoms with Crippen molar-refractivity contribution in [2.24, 2.45) is 0 Å². The molecule has 1 saturated carbocycles. The lowest BCUT2D eigenvalue weighted by Gasteiger charge is -2.40. The summed E-state index contributed by atoms with van der Waals surface area (Å²) >= 11 is 0. The Balaban J connectivity index is 1.38. The van der Waals surface area contributed by atoms with Crippen LogP contribution < -0.4 is 5.32 Å². The zero-order valence-electron chi connectivity index (χ0n) is 18.0. The summed E-state index contributed by atoms with van der Waals surface area (Å²) in [6, 6.07) is 14.7. The second-order valence-electron chi connectivity index (χ2n) is 9.03. The Bertz CT molecular complexity index is 975. The number of nitriles is 1. The number of benzene rings is 2. The Morgan fingerprint density at radius 3 is 2.71 bits per heavy atom. The molecule has 31 heavy (non-hydrogen) atoms. The van der Waals surface area contributed by atoms with Crippen molar-refractivity contribution in [3.05, 3.63) is 70.5 Å². The largest absolute Gasteiger partial charge is 0.350 e. The molecule has 2 aromatic rings. The predicted molar refractivity (Wildman–Crippen MR) is 119 cm³/mol. The van der Waals surface area contributed by atoms with Gasteiger partial charge in [0.2, 0.25) is 5.91 Å². The third-order valence-electron chi connectivity index (χ3n) is 6.86. The number of halogens is 1. The summed E-state index contributed by atoms with van der Waals surface area (Å²) in [7, 11) is 0. The zero-order chi connectivity index (χ0) is 21.7. The van der Waals surface area contributed by atoms with Gasteiger partial charge in [0.1, 0.15) is 5.82 Å². The van der Waals surface area contributed by atoms with Gasteiger partial charge >= 0.3 is 0 Å². The molecule has 2 aliphatic rings. The van der Waals surface area contributed by atoms with E-state index in [-0.39, 0.29) is 23.7 Å². The van der Waals surface area contributed by atoms with Gasteiger partial charge in [-0.3, -0.25) is 9.69 Å². The number of hydrogen-bond acceptors (Lipinski definition) is 3. The molecular formula is C26H30FN3O. The van der Waals surface area contributed by atoms with Gasteiger partial charge in [-0.25, -0.2) is 4.39 Å². The fraction of sp³-hybridized carbons (Fsp3) is 0.462. The first-order chi connectivity index (χ1) is 15.1. The second kappa shape index (κ2) is 9.62. The van der Waals surface area contributed by atoms with Crippen molar-refractivity contribution in [2.45, 2.75) is 63.5 Å². The highest BCUT2D eigenvalue weighted by molar-refractivity contribution is 5.79. The molecule has 5 heteroatoms. The van der Waals surface area contributed by atoms with Gasteiger partial charge in [-0.05, 0) is 60.6 Å². The molecule has 1 aliphatic carbocycles. The minimum atomic E-state index is -0.318. The van der Waals surface area contributed by atoms with Crippen LogP contribution in [0.15, 0.2) is 42.5 Å². The number of nitrogens with zero attached hydrogens (tertiary/aromatic N) is 2. The first-order valence-corrected chi connectivity index (χ1v) is 11.4. The number of carbonyl (C=O) groups excluding carboxylic acids is 1. The van der Waals surface area contributed by atoms with E-state index in [0.29, 0.717) is 5.56 Å². The number of hydrogen-bond donors (Lipinski definition) is 1. The molecule has 0 unspecified atom stereocenters. The van der Waals surface area contributed by atoms with Gasteiger partial charge in [0.05, 0.1) is 18.1 Å². The van der Waals surface area contributed by atoms with Crippen molar-refractivity contribution in [2.75, 3.05) is 13.1 Å². The summed E-state index contributed by atoms with van der Waals surface area (Å²) in [5.74, 6) is -0.401. The topological polar surface area (TPSA) is 56.1 Å². The molecule has 0 bridgehead atoms. The molecule has 1 fully saturated rings. The fourth-order valence-electron chi connectivity index (χ4n) is 5.06. The third-order valence-corrected chi connectivity index (χ3v) is 6.86. The van der Waals surface area contributed by atoms with Gasteiger partial charge < -0.3 is 5.32 Å². The molecule has 4 rings (SSSR count). The number of rotatable bonds is 6. The minimum Gasteiger partial charge on any atom is -0.350 e. The maximum absolute atomic E-state index is 14.0. The Morgan fingerprint density at radius 2 is 1.94 bits per heavy atom. The SMILES string of the molecule is N#Cc1ccc2c(c1)CCN(CCC1(NC(=O)Cc3ccccc3F)CCCCC1)C2. The van der Waals surface area contributed by atoms with Crippen molar-refractivity contribution in [3.8, 4) is 6.07 Å². The van der Waals surface area contributed by atoms with Crippen molar-refractivity contribution in [1.29, 1.82) is 5.26 Å². The van der Waals surface area contributed by atoms with E-state index >= 15 is 0 Å². The van der Waals surface area contributed by atoms with Crippen LogP contribution >= 0.6 is 0 Å². The molecule has 0 saturated heterocycles.